The Balaban J connectivity index is 1.64. The molecule has 3 aromatic heterocycles. The van der Waals surface area contributed by atoms with Crippen molar-refractivity contribution in [1.29, 1.82) is 0 Å². The molecule has 7 heteroatoms. The molecule has 0 aliphatic carbocycles. The second-order valence-corrected chi connectivity index (χ2v) is 7.51. The van der Waals surface area contributed by atoms with E-state index in [1.807, 2.05) is 48.0 Å². The average Bonchev–Trinajstić information content (AvgIpc) is 3.32. The molecule has 0 aliphatic rings. The Labute approximate surface area is 156 Å². The number of hydrogen-bond donors (Lipinski definition) is 1. The summed E-state index contributed by atoms with van der Waals surface area (Å²) in [6.45, 7) is 2.33. The smallest absolute Gasteiger partial charge is 0.261 e. The number of aromatic nitrogens is 2. The largest absolute Gasteiger partial charge is 0.467 e. The van der Waals surface area contributed by atoms with Gasteiger partial charge in [-0.2, -0.15) is 5.10 Å². The van der Waals surface area contributed by atoms with Gasteiger partial charge in [-0.25, -0.2) is 4.68 Å². The van der Waals surface area contributed by atoms with Crippen LogP contribution in [0.2, 0.25) is 0 Å². The van der Waals surface area contributed by atoms with Crippen molar-refractivity contribution in [2.24, 2.45) is 0 Å². The number of rotatable bonds is 4. The Kier molecular flexibility index (Phi) is 4.19. The molecular weight excluding hydrogens is 402 g/mol. The zero-order valence-corrected chi connectivity index (χ0v) is 15.7. The van der Waals surface area contributed by atoms with E-state index >= 15 is 0 Å². The van der Waals surface area contributed by atoms with E-state index in [9.17, 15) is 4.79 Å². The molecule has 1 aromatic carbocycles. The van der Waals surface area contributed by atoms with Crippen LogP contribution in [-0.4, -0.2) is 15.7 Å². The fourth-order valence-electron chi connectivity index (χ4n) is 2.58. The number of amides is 1. The van der Waals surface area contributed by atoms with Crippen LogP contribution in [0.25, 0.3) is 15.9 Å². The van der Waals surface area contributed by atoms with Crippen molar-refractivity contribution in [2.45, 2.75) is 13.5 Å². The van der Waals surface area contributed by atoms with Crippen LogP contribution >= 0.6 is 27.3 Å². The Morgan fingerprint density at radius 3 is 2.84 bits per heavy atom. The van der Waals surface area contributed by atoms with E-state index in [4.69, 9.17) is 4.42 Å². The average molecular weight is 416 g/mol. The first-order valence-electron chi connectivity index (χ1n) is 7.67. The summed E-state index contributed by atoms with van der Waals surface area (Å²) in [5, 5.41) is 8.48. The van der Waals surface area contributed by atoms with Crippen LogP contribution in [0.5, 0.6) is 0 Å². The lowest BCUT2D eigenvalue weighted by molar-refractivity contribution is 0.0952. The van der Waals surface area contributed by atoms with Crippen molar-refractivity contribution in [3.63, 3.8) is 0 Å². The lowest BCUT2D eigenvalue weighted by Crippen LogP contribution is -2.21. The van der Waals surface area contributed by atoms with Gasteiger partial charge in [0.15, 0.2) is 0 Å². The lowest BCUT2D eigenvalue weighted by atomic mass is 10.3. The maximum absolute atomic E-state index is 12.4. The summed E-state index contributed by atoms with van der Waals surface area (Å²) in [4.78, 5) is 14.1. The van der Waals surface area contributed by atoms with Crippen LogP contribution in [-0.2, 0) is 6.54 Å². The van der Waals surface area contributed by atoms with E-state index in [-0.39, 0.29) is 5.91 Å². The number of carbonyl (C=O) groups excluding carboxylic acids is 1. The summed E-state index contributed by atoms with van der Waals surface area (Å²) in [7, 11) is 0. The second kappa shape index (κ2) is 6.50. The van der Waals surface area contributed by atoms with Gasteiger partial charge in [-0.05, 0) is 49.4 Å². The van der Waals surface area contributed by atoms with E-state index in [1.54, 1.807) is 12.3 Å². The number of fused-ring (bicyclic) bond motifs is 1. The Morgan fingerprint density at radius 2 is 2.12 bits per heavy atom. The summed E-state index contributed by atoms with van der Waals surface area (Å²) in [5.74, 6) is 0.617. The van der Waals surface area contributed by atoms with Crippen molar-refractivity contribution in [3.8, 4) is 5.69 Å². The van der Waals surface area contributed by atoms with Gasteiger partial charge in [-0.15, -0.1) is 11.3 Å². The normalized spacial score (nSPS) is 11.1. The maximum Gasteiger partial charge on any atom is 0.261 e. The number of aryl methyl sites for hydroxylation is 1. The van der Waals surface area contributed by atoms with Crippen LogP contribution in [0.4, 0.5) is 0 Å². The Morgan fingerprint density at radius 1 is 1.32 bits per heavy atom. The second-order valence-electron chi connectivity index (χ2n) is 5.57. The zero-order valence-electron chi connectivity index (χ0n) is 13.3. The fraction of sp³-hybridized carbons (Fsp3) is 0.111. The van der Waals surface area contributed by atoms with Gasteiger partial charge in [-0.3, -0.25) is 4.79 Å². The van der Waals surface area contributed by atoms with Crippen LogP contribution in [0.1, 0.15) is 21.1 Å². The molecule has 25 heavy (non-hydrogen) atoms. The molecule has 1 N–H and O–H groups in total. The van der Waals surface area contributed by atoms with Crippen molar-refractivity contribution >= 4 is 43.4 Å². The fourth-order valence-corrected chi connectivity index (χ4v) is 3.95. The minimum absolute atomic E-state index is 0.112. The quantitative estimate of drug-likeness (QED) is 0.526. The predicted octanol–water partition coefficient (Wildman–Crippen LogP) is 4.68. The molecule has 5 nitrogen and oxygen atoms in total. The molecule has 0 aliphatic heterocycles. The van der Waals surface area contributed by atoms with Crippen LogP contribution < -0.4 is 5.32 Å². The molecule has 0 fully saturated rings. The highest BCUT2D eigenvalue weighted by Gasteiger charge is 2.17. The molecule has 126 valence electrons. The van der Waals surface area contributed by atoms with Gasteiger partial charge in [-0.1, -0.05) is 15.9 Å². The highest BCUT2D eigenvalue weighted by atomic mass is 79.9. The summed E-state index contributed by atoms with van der Waals surface area (Å²) < 4.78 is 8.13. The first kappa shape index (κ1) is 16.1. The highest BCUT2D eigenvalue weighted by molar-refractivity contribution is 9.10. The van der Waals surface area contributed by atoms with Crippen molar-refractivity contribution < 1.29 is 9.21 Å². The molecular formula is C18H14BrN3O2S. The molecule has 0 radical (unpaired) electrons. The van der Waals surface area contributed by atoms with Gasteiger partial charge in [0.25, 0.3) is 5.91 Å². The standard InChI is InChI=1S/C18H14BrN3O2S/c1-11-15-9-16(17(23)20-10-14-3-2-8-24-14)25-18(15)22(21-11)13-6-4-12(19)5-7-13/h2-9H,10H2,1H3,(H,20,23). The Bertz CT molecular complexity index is 1030. The van der Waals surface area contributed by atoms with Crippen molar-refractivity contribution in [2.75, 3.05) is 0 Å². The summed E-state index contributed by atoms with van der Waals surface area (Å²) in [6.07, 6.45) is 1.59. The van der Waals surface area contributed by atoms with E-state index in [0.717, 1.165) is 31.8 Å². The third kappa shape index (κ3) is 3.12. The molecule has 0 bridgehead atoms. The number of nitrogens with zero attached hydrogens (tertiary/aromatic N) is 2. The van der Waals surface area contributed by atoms with Gasteiger partial charge in [0.1, 0.15) is 10.6 Å². The molecule has 0 saturated heterocycles. The third-order valence-electron chi connectivity index (χ3n) is 3.84. The molecule has 3 heterocycles. The maximum atomic E-state index is 12.4. The van der Waals surface area contributed by atoms with Crippen molar-refractivity contribution in [1.82, 2.24) is 15.1 Å². The van der Waals surface area contributed by atoms with E-state index in [2.05, 4.69) is 26.3 Å². The number of nitrogens with one attached hydrogen (secondary N) is 1. The van der Waals surface area contributed by atoms with Gasteiger partial charge < -0.3 is 9.73 Å². The molecule has 0 unspecified atom stereocenters. The molecule has 0 atom stereocenters. The molecule has 0 saturated carbocycles. The van der Waals surface area contributed by atoms with Gasteiger partial charge in [0, 0.05) is 9.86 Å². The van der Waals surface area contributed by atoms with Gasteiger partial charge >= 0.3 is 0 Å². The summed E-state index contributed by atoms with van der Waals surface area (Å²) >= 11 is 4.88. The summed E-state index contributed by atoms with van der Waals surface area (Å²) in [6, 6.07) is 13.5. The molecule has 1 amide bonds. The number of carbonyl (C=O) groups is 1. The minimum atomic E-state index is -0.112. The molecule has 4 aromatic rings. The monoisotopic (exact) mass is 415 g/mol. The number of furan rings is 1. The zero-order chi connectivity index (χ0) is 17.4. The third-order valence-corrected chi connectivity index (χ3v) is 5.48. The van der Waals surface area contributed by atoms with Crippen LogP contribution in [0.15, 0.2) is 57.6 Å². The van der Waals surface area contributed by atoms with E-state index in [0.29, 0.717) is 11.4 Å². The van der Waals surface area contributed by atoms with Gasteiger partial charge in [0.05, 0.1) is 29.1 Å². The van der Waals surface area contributed by atoms with Gasteiger partial charge in [0.2, 0.25) is 0 Å². The first-order valence-corrected chi connectivity index (χ1v) is 9.28. The van der Waals surface area contributed by atoms with Crippen LogP contribution in [0.3, 0.4) is 0 Å². The summed E-state index contributed by atoms with van der Waals surface area (Å²) in [5.41, 5.74) is 1.87. The number of hydrogen-bond acceptors (Lipinski definition) is 4. The van der Waals surface area contributed by atoms with E-state index < -0.39 is 0 Å². The predicted molar refractivity (Wildman–Crippen MR) is 101 cm³/mol. The number of benzene rings is 1. The Hall–Kier alpha value is -2.38. The number of halogens is 1. The minimum Gasteiger partial charge on any atom is -0.467 e. The molecule has 4 rings (SSSR count). The van der Waals surface area contributed by atoms with Crippen molar-refractivity contribution in [3.05, 3.63) is 69.5 Å². The topological polar surface area (TPSA) is 60.1 Å². The van der Waals surface area contributed by atoms with Crippen LogP contribution in [0, 0.1) is 6.92 Å². The van der Waals surface area contributed by atoms with E-state index in [1.165, 1.54) is 11.3 Å². The SMILES string of the molecule is Cc1nn(-c2ccc(Br)cc2)c2sc(C(=O)NCc3ccco3)cc12. The highest BCUT2D eigenvalue weighted by Crippen LogP contribution is 2.30. The lowest BCUT2D eigenvalue weighted by Gasteiger charge is -2.02. The first-order chi connectivity index (χ1) is 12.1. The number of thiophene rings is 1. The molecule has 0 spiro atoms.